The van der Waals surface area contributed by atoms with Crippen LogP contribution in [0.1, 0.15) is 32.0 Å². The maximum absolute atomic E-state index is 12.4. The first-order valence-electron chi connectivity index (χ1n) is 9.10. The van der Waals surface area contributed by atoms with Crippen molar-refractivity contribution in [2.24, 2.45) is 0 Å². The summed E-state index contributed by atoms with van der Waals surface area (Å²) in [4.78, 5) is 27.5. The molecule has 0 atom stereocenters. The number of aromatic amines is 1. The van der Waals surface area contributed by atoms with E-state index in [2.05, 4.69) is 15.6 Å². The quantitative estimate of drug-likeness (QED) is 0.415. The van der Waals surface area contributed by atoms with Gasteiger partial charge >= 0.3 is 5.97 Å². The fourth-order valence-corrected chi connectivity index (χ4v) is 3.12. The number of H-pyrrole nitrogens is 1. The number of hydrogen-bond acceptors (Lipinski definition) is 5. The van der Waals surface area contributed by atoms with E-state index in [9.17, 15) is 9.59 Å². The molecule has 1 aromatic heterocycles. The molecule has 3 N–H and O–H groups in total. The lowest BCUT2D eigenvalue weighted by Gasteiger charge is -2.12. The Hall–Kier alpha value is -3.65. The Bertz CT molecular complexity index is 1060. The summed E-state index contributed by atoms with van der Waals surface area (Å²) >= 11 is 5.30. The van der Waals surface area contributed by atoms with E-state index in [1.165, 1.54) is 7.11 Å². The number of rotatable bonds is 6. The van der Waals surface area contributed by atoms with E-state index in [1.54, 1.807) is 37.6 Å². The Morgan fingerprint density at radius 2 is 1.83 bits per heavy atom. The van der Waals surface area contributed by atoms with Crippen LogP contribution in [0.3, 0.4) is 0 Å². The Morgan fingerprint density at radius 3 is 2.53 bits per heavy atom. The third-order valence-electron chi connectivity index (χ3n) is 4.38. The second-order valence-electron chi connectivity index (χ2n) is 6.36. The predicted octanol–water partition coefficient (Wildman–Crippen LogP) is 3.53. The second-order valence-corrected chi connectivity index (χ2v) is 6.77. The van der Waals surface area contributed by atoms with Gasteiger partial charge in [0.25, 0.3) is 5.91 Å². The number of hydrogen-bond donors (Lipinski definition) is 3. The molecule has 0 aliphatic rings. The SMILES string of the molecule is COC(=O)c1[nH]cc(Cc2cccc(OC)c2)c1NC(=S)NC(=O)c1ccccc1. The Balaban J connectivity index is 1.82. The van der Waals surface area contributed by atoms with Gasteiger partial charge in [0.1, 0.15) is 11.4 Å². The molecule has 2 aromatic carbocycles. The maximum Gasteiger partial charge on any atom is 0.356 e. The molecule has 1 heterocycles. The summed E-state index contributed by atoms with van der Waals surface area (Å²) < 4.78 is 10.1. The molecule has 7 nitrogen and oxygen atoms in total. The van der Waals surface area contributed by atoms with Gasteiger partial charge in [-0.05, 0) is 47.6 Å². The van der Waals surface area contributed by atoms with Crippen LogP contribution >= 0.6 is 12.2 Å². The van der Waals surface area contributed by atoms with Crippen molar-refractivity contribution in [2.75, 3.05) is 19.5 Å². The molecule has 30 heavy (non-hydrogen) atoms. The van der Waals surface area contributed by atoms with Crippen LogP contribution in [0.15, 0.2) is 60.8 Å². The summed E-state index contributed by atoms with van der Waals surface area (Å²) in [6, 6.07) is 16.3. The minimum atomic E-state index is -0.549. The molecular weight excluding hydrogens is 402 g/mol. The van der Waals surface area contributed by atoms with Crippen molar-refractivity contribution in [1.29, 1.82) is 0 Å². The fourth-order valence-electron chi connectivity index (χ4n) is 2.92. The molecule has 0 radical (unpaired) electrons. The Labute approximate surface area is 179 Å². The molecule has 0 aliphatic carbocycles. The van der Waals surface area contributed by atoms with Crippen LogP contribution in [-0.4, -0.2) is 36.2 Å². The van der Waals surface area contributed by atoms with Gasteiger partial charge in [-0.15, -0.1) is 0 Å². The zero-order chi connectivity index (χ0) is 21.5. The molecule has 0 aliphatic heterocycles. The van der Waals surface area contributed by atoms with Crippen molar-refractivity contribution in [3.8, 4) is 5.75 Å². The zero-order valence-corrected chi connectivity index (χ0v) is 17.3. The highest BCUT2D eigenvalue weighted by atomic mass is 32.1. The standard InChI is InChI=1S/C22H21N3O4S/c1-28-17-10-6-7-14(12-17)11-16-13-23-19(21(27)29-2)18(16)24-22(30)25-20(26)15-8-4-3-5-9-15/h3-10,12-13,23H,11H2,1-2H3,(H2,24,25,26,30). The molecular formula is C22H21N3O4S. The number of esters is 1. The molecule has 0 fully saturated rings. The zero-order valence-electron chi connectivity index (χ0n) is 16.5. The summed E-state index contributed by atoms with van der Waals surface area (Å²) in [6.07, 6.45) is 2.21. The third kappa shape index (κ3) is 5.03. The first-order valence-corrected chi connectivity index (χ1v) is 9.51. The van der Waals surface area contributed by atoms with Gasteiger partial charge in [0.2, 0.25) is 0 Å². The van der Waals surface area contributed by atoms with E-state index < -0.39 is 5.97 Å². The highest BCUT2D eigenvalue weighted by Crippen LogP contribution is 2.26. The fraction of sp³-hybridized carbons (Fsp3) is 0.136. The van der Waals surface area contributed by atoms with Crippen LogP contribution in [0, 0.1) is 0 Å². The van der Waals surface area contributed by atoms with Gasteiger partial charge in [-0.1, -0.05) is 30.3 Å². The van der Waals surface area contributed by atoms with E-state index in [-0.39, 0.29) is 16.7 Å². The summed E-state index contributed by atoms with van der Waals surface area (Å²) in [7, 11) is 2.90. The van der Waals surface area contributed by atoms with Crippen LogP contribution in [0.5, 0.6) is 5.75 Å². The van der Waals surface area contributed by atoms with E-state index in [0.717, 1.165) is 16.9 Å². The van der Waals surface area contributed by atoms with Crippen molar-refractivity contribution in [3.05, 3.63) is 83.2 Å². The topological polar surface area (TPSA) is 92.5 Å². The van der Waals surface area contributed by atoms with Gasteiger partial charge in [0.05, 0.1) is 19.9 Å². The first kappa shape index (κ1) is 21.1. The number of carbonyl (C=O) groups is 2. The lowest BCUT2D eigenvalue weighted by Crippen LogP contribution is -2.34. The molecule has 8 heteroatoms. The monoisotopic (exact) mass is 423 g/mol. The van der Waals surface area contributed by atoms with E-state index >= 15 is 0 Å². The van der Waals surface area contributed by atoms with Crippen molar-refractivity contribution < 1.29 is 19.1 Å². The molecule has 1 amide bonds. The Morgan fingerprint density at radius 1 is 1.07 bits per heavy atom. The molecule has 3 rings (SSSR count). The van der Waals surface area contributed by atoms with Gasteiger partial charge in [-0.2, -0.15) is 0 Å². The number of nitrogens with one attached hydrogen (secondary N) is 3. The number of thiocarbonyl (C=S) groups is 1. The minimum absolute atomic E-state index is 0.0699. The van der Waals surface area contributed by atoms with Gasteiger partial charge in [-0.25, -0.2) is 4.79 Å². The summed E-state index contributed by atoms with van der Waals surface area (Å²) in [5.41, 5.74) is 2.89. The van der Waals surface area contributed by atoms with E-state index in [0.29, 0.717) is 17.7 Å². The van der Waals surface area contributed by atoms with Crippen molar-refractivity contribution in [2.45, 2.75) is 6.42 Å². The smallest absolute Gasteiger partial charge is 0.356 e. The van der Waals surface area contributed by atoms with Gasteiger partial charge in [0, 0.05) is 18.2 Å². The lowest BCUT2D eigenvalue weighted by atomic mass is 10.1. The Kier molecular flexibility index (Phi) is 6.82. The lowest BCUT2D eigenvalue weighted by molar-refractivity contribution is 0.0596. The average molecular weight is 423 g/mol. The van der Waals surface area contributed by atoms with Gasteiger partial charge < -0.3 is 19.8 Å². The molecule has 0 spiro atoms. The number of benzene rings is 2. The predicted molar refractivity (Wildman–Crippen MR) is 118 cm³/mol. The number of ether oxygens (including phenoxy) is 2. The van der Waals surface area contributed by atoms with Crippen molar-refractivity contribution >= 4 is 34.9 Å². The largest absolute Gasteiger partial charge is 0.497 e. The molecule has 0 bridgehead atoms. The number of amides is 1. The van der Waals surface area contributed by atoms with Crippen LogP contribution in [0.4, 0.5) is 5.69 Å². The molecule has 0 saturated carbocycles. The number of carbonyl (C=O) groups excluding carboxylic acids is 2. The molecule has 3 aromatic rings. The summed E-state index contributed by atoms with van der Waals surface area (Å²) in [5, 5.41) is 5.65. The highest BCUT2D eigenvalue weighted by Gasteiger charge is 2.20. The molecule has 0 saturated heterocycles. The average Bonchev–Trinajstić information content (AvgIpc) is 3.15. The van der Waals surface area contributed by atoms with Crippen molar-refractivity contribution in [3.63, 3.8) is 0 Å². The molecule has 0 unspecified atom stereocenters. The highest BCUT2D eigenvalue weighted by molar-refractivity contribution is 7.80. The number of anilines is 1. The van der Waals surface area contributed by atoms with Gasteiger partial charge in [0.15, 0.2) is 5.11 Å². The summed E-state index contributed by atoms with van der Waals surface area (Å²) in [5.74, 6) is -0.166. The minimum Gasteiger partial charge on any atom is -0.497 e. The third-order valence-corrected chi connectivity index (χ3v) is 4.59. The van der Waals surface area contributed by atoms with Crippen LogP contribution in [-0.2, 0) is 11.2 Å². The summed E-state index contributed by atoms with van der Waals surface area (Å²) in [6.45, 7) is 0. The van der Waals surface area contributed by atoms with E-state index in [4.69, 9.17) is 21.7 Å². The van der Waals surface area contributed by atoms with Gasteiger partial charge in [-0.3, -0.25) is 10.1 Å². The van der Waals surface area contributed by atoms with Crippen LogP contribution in [0.25, 0.3) is 0 Å². The second kappa shape index (κ2) is 9.71. The van der Waals surface area contributed by atoms with Crippen LogP contribution in [0.2, 0.25) is 0 Å². The van der Waals surface area contributed by atoms with Crippen LogP contribution < -0.4 is 15.4 Å². The van der Waals surface area contributed by atoms with Crippen molar-refractivity contribution in [1.82, 2.24) is 10.3 Å². The van der Waals surface area contributed by atoms with E-state index in [1.807, 2.05) is 30.3 Å². The number of aromatic nitrogens is 1. The molecule has 154 valence electrons. The first-order chi connectivity index (χ1) is 14.5. The normalized spacial score (nSPS) is 10.2. The number of methoxy groups -OCH3 is 2. The maximum atomic E-state index is 12.4.